The summed E-state index contributed by atoms with van der Waals surface area (Å²) in [6.07, 6.45) is 1.80. The zero-order valence-electron chi connectivity index (χ0n) is 18.9. The van der Waals surface area contributed by atoms with Crippen molar-refractivity contribution >= 4 is 73.7 Å². The molecule has 1 aliphatic heterocycles. The van der Waals surface area contributed by atoms with E-state index in [-0.39, 0.29) is 18.4 Å². The van der Waals surface area contributed by atoms with Crippen molar-refractivity contribution in [3.8, 4) is 5.75 Å². The fourth-order valence-corrected chi connectivity index (χ4v) is 4.52. The molecule has 9 heteroatoms. The molecule has 2 amide bonds. The van der Waals surface area contributed by atoms with Crippen molar-refractivity contribution in [2.24, 2.45) is 4.99 Å². The fraction of sp³-hybridized carbons (Fsp3) is 0.115. The third-order valence-electron chi connectivity index (χ3n) is 5.01. The SMILES string of the molecule is Cc1ccc(NC(=O)COc2ccc(/C=C3\SC(=Nc4ccc(Br)c(Cl)c4)N(C)C3=O)cc2)cc1. The summed E-state index contributed by atoms with van der Waals surface area (Å²) in [7, 11) is 1.69. The Morgan fingerprint density at radius 2 is 1.86 bits per heavy atom. The maximum Gasteiger partial charge on any atom is 0.266 e. The molecule has 0 unspecified atom stereocenters. The molecule has 0 spiro atoms. The first-order valence-corrected chi connectivity index (χ1v) is 12.6. The molecule has 1 N–H and O–H groups in total. The van der Waals surface area contributed by atoms with Gasteiger partial charge in [0.05, 0.1) is 15.6 Å². The van der Waals surface area contributed by atoms with Crippen molar-refractivity contribution in [1.82, 2.24) is 4.90 Å². The molecule has 1 aliphatic rings. The molecule has 3 aromatic rings. The van der Waals surface area contributed by atoms with Crippen LogP contribution in [0.15, 0.2) is 81.1 Å². The summed E-state index contributed by atoms with van der Waals surface area (Å²) < 4.78 is 6.37. The van der Waals surface area contributed by atoms with Crippen molar-refractivity contribution < 1.29 is 14.3 Å². The monoisotopic (exact) mass is 569 g/mol. The number of thioether (sulfide) groups is 1. The number of carbonyl (C=O) groups is 2. The zero-order chi connectivity index (χ0) is 24.9. The molecule has 178 valence electrons. The third kappa shape index (κ3) is 6.54. The quantitative estimate of drug-likeness (QED) is 0.336. The Morgan fingerprint density at radius 1 is 1.14 bits per heavy atom. The topological polar surface area (TPSA) is 71.0 Å². The number of hydrogen-bond donors (Lipinski definition) is 1. The van der Waals surface area contributed by atoms with Crippen molar-refractivity contribution in [3.05, 3.63) is 92.3 Å². The average molecular weight is 571 g/mol. The Bertz CT molecular complexity index is 1320. The summed E-state index contributed by atoms with van der Waals surface area (Å²) in [6, 6.07) is 20.1. The Morgan fingerprint density at radius 3 is 2.54 bits per heavy atom. The highest BCUT2D eigenvalue weighted by Crippen LogP contribution is 2.34. The lowest BCUT2D eigenvalue weighted by molar-refractivity contribution is -0.121. The second-order valence-corrected chi connectivity index (χ2v) is 10.0. The summed E-state index contributed by atoms with van der Waals surface area (Å²) in [5, 5.41) is 3.92. The highest BCUT2D eigenvalue weighted by Gasteiger charge is 2.30. The van der Waals surface area contributed by atoms with Gasteiger partial charge >= 0.3 is 0 Å². The molecule has 0 radical (unpaired) electrons. The number of carbonyl (C=O) groups excluding carboxylic acids is 2. The van der Waals surface area contributed by atoms with Gasteiger partial charge in [-0.3, -0.25) is 14.5 Å². The molecule has 1 fully saturated rings. The van der Waals surface area contributed by atoms with Crippen molar-refractivity contribution in [3.63, 3.8) is 0 Å². The van der Waals surface area contributed by atoms with Crippen molar-refractivity contribution in [2.45, 2.75) is 6.92 Å². The van der Waals surface area contributed by atoms with Gasteiger partial charge in [0.2, 0.25) is 0 Å². The van der Waals surface area contributed by atoms with Gasteiger partial charge in [-0.15, -0.1) is 0 Å². The van der Waals surface area contributed by atoms with Gasteiger partial charge in [0, 0.05) is 17.2 Å². The average Bonchev–Trinajstić information content (AvgIpc) is 3.10. The second kappa shape index (κ2) is 11.1. The molecule has 3 aromatic carbocycles. The lowest BCUT2D eigenvalue weighted by Gasteiger charge is -2.08. The van der Waals surface area contributed by atoms with Gasteiger partial charge in [0.1, 0.15) is 5.75 Å². The van der Waals surface area contributed by atoms with Crippen LogP contribution in [0.3, 0.4) is 0 Å². The Hall–Kier alpha value is -3.07. The molecule has 0 atom stereocenters. The predicted molar refractivity (Wildman–Crippen MR) is 146 cm³/mol. The number of nitrogens with zero attached hydrogens (tertiary/aromatic N) is 2. The van der Waals surface area contributed by atoms with Crippen molar-refractivity contribution in [1.29, 1.82) is 0 Å². The van der Waals surface area contributed by atoms with Crippen LogP contribution < -0.4 is 10.1 Å². The van der Waals surface area contributed by atoms with Gasteiger partial charge in [0.15, 0.2) is 11.8 Å². The third-order valence-corrected chi connectivity index (χ3v) is 7.31. The van der Waals surface area contributed by atoms with E-state index in [0.29, 0.717) is 26.5 Å². The highest BCUT2D eigenvalue weighted by atomic mass is 79.9. The maximum atomic E-state index is 12.7. The number of benzene rings is 3. The number of hydrogen-bond acceptors (Lipinski definition) is 5. The molecule has 0 aromatic heterocycles. The number of amides is 2. The van der Waals surface area contributed by atoms with Crippen LogP contribution in [0.2, 0.25) is 5.02 Å². The summed E-state index contributed by atoms with van der Waals surface area (Å²) in [5.41, 5.74) is 3.34. The molecule has 0 saturated carbocycles. The van der Waals surface area contributed by atoms with Crippen molar-refractivity contribution in [2.75, 3.05) is 19.0 Å². The number of amidine groups is 1. The molecule has 35 heavy (non-hydrogen) atoms. The minimum absolute atomic E-state index is 0.104. The van der Waals surface area contributed by atoms with Gasteiger partial charge in [-0.2, -0.15) is 0 Å². The number of rotatable bonds is 6. The first-order chi connectivity index (χ1) is 16.8. The molecule has 1 saturated heterocycles. The summed E-state index contributed by atoms with van der Waals surface area (Å²) in [5.74, 6) is 0.183. The number of anilines is 1. The first-order valence-electron chi connectivity index (χ1n) is 10.6. The molecular formula is C26H21BrClN3O3S. The zero-order valence-corrected chi connectivity index (χ0v) is 22.1. The summed E-state index contributed by atoms with van der Waals surface area (Å²) in [6.45, 7) is 1.88. The Labute approximate surface area is 221 Å². The lowest BCUT2D eigenvalue weighted by atomic mass is 10.2. The fourth-order valence-electron chi connectivity index (χ4n) is 3.11. The number of ether oxygens (including phenoxy) is 1. The molecular weight excluding hydrogens is 550 g/mol. The van der Waals surface area contributed by atoms with Crippen LogP contribution in [-0.4, -0.2) is 35.5 Å². The van der Waals surface area contributed by atoms with E-state index in [9.17, 15) is 9.59 Å². The van der Waals surface area contributed by atoms with Gasteiger partial charge in [-0.05, 0) is 88.7 Å². The van der Waals surface area contributed by atoms with Gasteiger partial charge in [-0.25, -0.2) is 4.99 Å². The number of nitrogens with one attached hydrogen (secondary N) is 1. The van der Waals surface area contributed by atoms with E-state index in [0.717, 1.165) is 21.3 Å². The molecule has 6 nitrogen and oxygen atoms in total. The largest absolute Gasteiger partial charge is 0.484 e. The van der Waals surface area contributed by atoms with E-state index in [4.69, 9.17) is 16.3 Å². The van der Waals surface area contributed by atoms with Gasteiger partial charge in [0.25, 0.3) is 11.8 Å². The smallest absolute Gasteiger partial charge is 0.266 e. The normalized spacial score (nSPS) is 15.7. The summed E-state index contributed by atoms with van der Waals surface area (Å²) in [4.78, 5) is 31.4. The van der Waals surface area contributed by atoms with E-state index in [1.807, 2.05) is 55.5 Å². The van der Waals surface area contributed by atoms with Crippen LogP contribution in [-0.2, 0) is 9.59 Å². The van der Waals surface area contributed by atoms with E-state index < -0.39 is 0 Å². The molecule has 0 aliphatic carbocycles. The number of aliphatic imine (C=N–C) groups is 1. The predicted octanol–water partition coefficient (Wildman–Crippen LogP) is 6.66. The van der Waals surface area contributed by atoms with E-state index >= 15 is 0 Å². The second-order valence-electron chi connectivity index (χ2n) is 7.74. The number of likely N-dealkylation sites (N-methyl/N-ethyl adjacent to an activating group) is 1. The molecule has 4 rings (SSSR count). The molecule has 0 bridgehead atoms. The number of halogens is 2. The van der Waals surface area contributed by atoms with E-state index in [1.54, 1.807) is 31.3 Å². The van der Waals surface area contributed by atoms with Gasteiger partial charge < -0.3 is 10.1 Å². The Balaban J connectivity index is 1.37. The standard InChI is InChI=1S/C26H21BrClN3O3S/c1-16-3-7-18(8-4-16)29-24(32)15-34-20-10-5-17(6-11-20)13-23-25(33)31(2)26(35-23)30-19-9-12-21(27)22(28)14-19/h3-14H,15H2,1-2H3,(H,29,32)/b23-13-,30-26?. The molecule has 1 heterocycles. The first kappa shape index (κ1) is 25.0. The van der Waals surface area contributed by atoms with Crippen LogP contribution in [0.25, 0.3) is 6.08 Å². The highest BCUT2D eigenvalue weighted by molar-refractivity contribution is 9.10. The summed E-state index contributed by atoms with van der Waals surface area (Å²) >= 11 is 10.8. The van der Waals surface area contributed by atoms with E-state index in [2.05, 4.69) is 26.2 Å². The van der Waals surface area contributed by atoms with Crippen LogP contribution >= 0.6 is 39.3 Å². The maximum absolute atomic E-state index is 12.7. The van der Waals surface area contributed by atoms with Crippen LogP contribution in [0, 0.1) is 6.92 Å². The Kier molecular flexibility index (Phi) is 7.95. The minimum Gasteiger partial charge on any atom is -0.484 e. The van der Waals surface area contributed by atoms with Crippen LogP contribution in [0.1, 0.15) is 11.1 Å². The number of aryl methyl sites for hydroxylation is 1. The van der Waals surface area contributed by atoms with Crippen LogP contribution in [0.4, 0.5) is 11.4 Å². The lowest BCUT2D eigenvalue weighted by Crippen LogP contribution is -2.23. The minimum atomic E-state index is -0.241. The van der Waals surface area contributed by atoms with Crippen LogP contribution in [0.5, 0.6) is 5.75 Å². The van der Waals surface area contributed by atoms with E-state index in [1.165, 1.54) is 16.7 Å². The van der Waals surface area contributed by atoms with Gasteiger partial charge in [-0.1, -0.05) is 41.4 Å².